The first kappa shape index (κ1) is 14.3. The number of H-pyrrole nitrogens is 1. The number of carboxylic acid groups (broad SMARTS) is 1. The lowest BCUT2D eigenvalue weighted by Gasteiger charge is -1.99. The molecular weight excluding hydrogens is 306 g/mol. The van der Waals surface area contributed by atoms with Gasteiger partial charge in [-0.2, -0.15) is 0 Å². The van der Waals surface area contributed by atoms with Crippen molar-refractivity contribution >= 4 is 40.9 Å². The Balaban J connectivity index is 2.15. The molecule has 7 heteroatoms. The molecule has 0 aliphatic carbocycles. The molecule has 3 N–H and O–H groups in total. The molecule has 0 unspecified atom stereocenters. The van der Waals surface area contributed by atoms with Crippen molar-refractivity contribution < 1.29 is 14.7 Å². The third-order valence-corrected chi connectivity index (χ3v) is 3.81. The number of nitrogens with zero attached hydrogens (tertiary/aromatic N) is 1. The van der Waals surface area contributed by atoms with Crippen molar-refractivity contribution in [2.24, 2.45) is 0 Å². The third kappa shape index (κ3) is 2.17. The number of pyridine rings is 1. The predicted molar refractivity (Wildman–Crippen MR) is 83.0 cm³/mol. The Morgan fingerprint density at radius 2 is 2.14 bits per heavy atom. The van der Waals surface area contributed by atoms with E-state index in [4.69, 9.17) is 11.6 Å². The summed E-state index contributed by atoms with van der Waals surface area (Å²) in [6.07, 6.45) is 3.07. The van der Waals surface area contributed by atoms with Gasteiger partial charge in [-0.3, -0.25) is 4.79 Å². The summed E-state index contributed by atoms with van der Waals surface area (Å²) in [5, 5.41) is 12.3. The summed E-state index contributed by atoms with van der Waals surface area (Å²) in [6.45, 7) is 3.38. The molecule has 0 radical (unpaired) electrons. The van der Waals surface area contributed by atoms with Crippen LogP contribution >= 0.6 is 11.6 Å². The largest absolute Gasteiger partial charge is 0.478 e. The second-order valence-electron chi connectivity index (χ2n) is 5.03. The molecule has 22 heavy (non-hydrogen) atoms. The van der Waals surface area contributed by atoms with Crippen LogP contribution in [0.25, 0.3) is 11.6 Å². The highest BCUT2D eigenvalue weighted by atomic mass is 35.5. The van der Waals surface area contributed by atoms with Crippen LogP contribution in [-0.2, 0) is 4.79 Å². The first-order chi connectivity index (χ1) is 10.4. The minimum atomic E-state index is -1.00. The van der Waals surface area contributed by atoms with Gasteiger partial charge in [-0.05, 0) is 31.6 Å². The summed E-state index contributed by atoms with van der Waals surface area (Å²) >= 11 is 5.93. The number of aromatic carboxylic acids is 1. The van der Waals surface area contributed by atoms with Gasteiger partial charge in [-0.1, -0.05) is 11.6 Å². The smallest absolute Gasteiger partial charge is 0.337 e. The van der Waals surface area contributed by atoms with E-state index in [1.165, 1.54) is 6.20 Å². The molecule has 2 aromatic heterocycles. The number of carbonyl (C=O) groups is 2. The zero-order valence-corrected chi connectivity index (χ0v) is 12.6. The quantitative estimate of drug-likeness (QED) is 0.742. The molecule has 1 amide bonds. The van der Waals surface area contributed by atoms with Gasteiger partial charge < -0.3 is 15.4 Å². The normalized spacial score (nSPS) is 15.0. The van der Waals surface area contributed by atoms with Gasteiger partial charge in [0.05, 0.1) is 16.2 Å². The molecule has 0 spiro atoms. The van der Waals surface area contributed by atoms with Gasteiger partial charge in [0.2, 0.25) is 0 Å². The molecule has 1 aliphatic heterocycles. The second kappa shape index (κ2) is 4.99. The van der Waals surface area contributed by atoms with Crippen molar-refractivity contribution in [2.75, 3.05) is 5.32 Å². The highest BCUT2D eigenvalue weighted by Crippen LogP contribution is 2.33. The number of rotatable bonds is 2. The number of carboxylic acids is 1. The van der Waals surface area contributed by atoms with Gasteiger partial charge in [-0.15, -0.1) is 0 Å². The predicted octanol–water partition coefficient (Wildman–Crippen LogP) is 2.87. The number of aromatic nitrogens is 2. The summed E-state index contributed by atoms with van der Waals surface area (Å²) in [4.78, 5) is 30.4. The monoisotopic (exact) mass is 317 g/mol. The molecular formula is C15H12ClN3O3. The molecule has 1 aliphatic rings. The van der Waals surface area contributed by atoms with E-state index >= 15 is 0 Å². The lowest BCUT2D eigenvalue weighted by atomic mass is 10.1. The highest BCUT2D eigenvalue weighted by Gasteiger charge is 2.26. The summed E-state index contributed by atoms with van der Waals surface area (Å²) < 4.78 is 0. The standard InChI is InChI=1S/C15H12ClN3O3/c1-6-11(18-7(2)12(6)15(21)22)4-10-9-3-8(16)5-17-13(9)19-14(10)20/h3-5,18H,1-2H3,(H,21,22)(H,17,19,20)/b10-4-. The molecule has 112 valence electrons. The van der Waals surface area contributed by atoms with E-state index in [0.29, 0.717) is 38.9 Å². The van der Waals surface area contributed by atoms with E-state index in [1.807, 2.05) is 0 Å². The van der Waals surface area contributed by atoms with E-state index in [1.54, 1.807) is 26.0 Å². The summed E-state index contributed by atoms with van der Waals surface area (Å²) in [5.41, 5.74) is 2.91. The van der Waals surface area contributed by atoms with Crippen LogP contribution in [0.5, 0.6) is 0 Å². The fourth-order valence-corrected chi connectivity index (χ4v) is 2.73. The molecule has 0 bridgehead atoms. The van der Waals surface area contributed by atoms with Crippen LogP contribution in [0.3, 0.4) is 0 Å². The van der Waals surface area contributed by atoms with E-state index < -0.39 is 5.97 Å². The van der Waals surface area contributed by atoms with E-state index in [-0.39, 0.29) is 11.5 Å². The Morgan fingerprint density at radius 1 is 1.41 bits per heavy atom. The second-order valence-corrected chi connectivity index (χ2v) is 5.47. The zero-order chi connectivity index (χ0) is 16.0. The SMILES string of the molecule is Cc1[nH]c(/C=C2\C(=O)Nc3ncc(Cl)cc32)c(C)c1C(=O)O. The Morgan fingerprint density at radius 3 is 2.77 bits per heavy atom. The first-order valence-electron chi connectivity index (χ1n) is 6.50. The van der Waals surface area contributed by atoms with Crippen molar-refractivity contribution in [3.8, 4) is 0 Å². The van der Waals surface area contributed by atoms with Crippen LogP contribution in [0.15, 0.2) is 12.3 Å². The number of carbonyl (C=O) groups excluding carboxylic acids is 1. The fourth-order valence-electron chi connectivity index (χ4n) is 2.57. The molecule has 6 nitrogen and oxygen atoms in total. The summed E-state index contributed by atoms with van der Waals surface area (Å²) in [6, 6.07) is 1.65. The summed E-state index contributed by atoms with van der Waals surface area (Å²) in [7, 11) is 0. The number of amides is 1. The van der Waals surface area contributed by atoms with Gasteiger partial charge in [0, 0.05) is 23.1 Å². The minimum Gasteiger partial charge on any atom is -0.478 e. The lowest BCUT2D eigenvalue weighted by Crippen LogP contribution is -2.04. The molecule has 0 saturated carbocycles. The number of fused-ring (bicyclic) bond motifs is 1. The van der Waals surface area contributed by atoms with Crippen molar-refractivity contribution in [3.63, 3.8) is 0 Å². The molecule has 3 heterocycles. The van der Waals surface area contributed by atoms with E-state index in [9.17, 15) is 14.7 Å². The Bertz CT molecular complexity index is 852. The van der Waals surface area contributed by atoms with Gasteiger partial charge in [0.25, 0.3) is 5.91 Å². The lowest BCUT2D eigenvalue weighted by molar-refractivity contribution is -0.110. The van der Waals surface area contributed by atoms with Crippen LogP contribution < -0.4 is 5.32 Å². The number of aromatic amines is 1. The van der Waals surface area contributed by atoms with E-state index in [0.717, 1.165) is 0 Å². The Labute approximate surface area is 130 Å². The fraction of sp³-hybridized carbons (Fsp3) is 0.133. The summed E-state index contributed by atoms with van der Waals surface area (Å²) in [5.74, 6) is -0.856. The van der Waals surface area contributed by atoms with Crippen molar-refractivity contribution in [3.05, 3.63) is 45.4 Å². The molecule has 0 aromatic carbocycles. The van der Waals surface area contributed by atoms with Crippen molar-refractivity contribution in [1.82, 2.24) is 9.97 Å². The molecule has 0 fully saturated rings. The topological polar surface area (TPSA) is 95.1 Å². The third-order valence-electron chi connectivity index (χ3n) is 3.60. The van der Waals surface area contributed by atoms with Crippen LogP contribution in [0.1, 0.15) is 32.9 Å². The number of aryl methyl sites for hydroxylation is 1. The molecule has 0 atom stereocenters. The van der Waals surface area contributed by atoms with Crippen molar-refractivity contribution in [2.45, 2.75) is 13.8 Å². The Hall–Kier alpha value is -2.60. The average Bonchev–Trinajstić information content (AvgIpc) is 2.88. The first-order valence-corrected chi connectivity index (χ1v) is 6.87. The maximum atomic E-state index is 12.1. The zero-order valence-electron chi connectivity index (χ0n) is 11.8. The van der Waals surface area contributed by atoms with Crippen LogP contribution in [0.2, 0.25) is 5.02 Å². The van der Waals surface area contributed by atoms with Crippen LogP contribution in [0.4, 0.5) is 5.82 Å². The molecule has 3 rings (SSSR count). The highest BCUT2D eigenvalue weighted by molar-refractivity contribution is 6.36. The number of nitrogens with one attached hydrogen (secondary N) is 2. The van der Waals surface area contributed by atoms with Gasteiger partial charge in [0.15, 0.2) is 0 Å². The minimum absolute atomic E-state index is 0.217. The number of hydrogen-bond donors (Lipinski definition) is 3. The average molecular weight is 318 g/mol. The van der Waals surface area contributed by atoms with Gasteiger partial charge in [0.1, 0.15) is 5.82 Å². The number of anilines is 1. The number of hydrogen-bond acceptors (Lipinski definition) is 3. The molecule has 2 aromatic rings. The maximum Gasteiger partial charge on any atom is 0.337 e. The van der Waals surface area contributed by atoms with E-state index in [2.05, 4.69) is 15.3 Å². The maximum absolute atomic E-state index is 12.1. The van der Waals surface area contributed by atoms with Crippen LogP contribution in [-0.4, -0.2) is 27.0 Å². The van der Waals surface area contributed by atoms with Crippen LogP contribution in [0, 0.1) is 13.8 Å². The number of halogens is 1. The Kier molecular flexibility index (Phi) is 3.26. The van der Waals surface area contributed by atoms with Gasteiger partial charge >= 0.3 is 5.97 Å². The van der Waals surface area contributed by atoms with Crippen molar-refractivity contribution in [1.29, 1.82) is 0 Å². The van der Waals surface area contributed by atoms with Gasteiger partial charge in [-0.25, -0.2) is 9.78 Å². The molecule has 0 saturated heterocycles.